The Labute approximate surface area is 98.7 Å². The van der Waals surface area contributed by atoms with E-state index in [1.165, 1.54) is 7.11 Å². The van der Waals surface area contributed by atoms with E-state index in [1.807, 2.05) is 13.8 Å². The zero-order valence-electron chi connectivity index (χ0n) is 10.9. The Bertz CT molecular complexity index is 185. The van der Waals surface area contributed by atoms with E-state index in [9.17, 15) is 4.79 Å². The molecule has 4 heteroatoms. The summed E-state index contributed by atoms with van der Waals surface area (Å²) in [7, 11) is 1.43. The van der Waals surface area contributed by atoms with Gasteiger partial charge in [0.1, 0.15) is 6.04 Å². The van der Waals surface area contributed by atoms with Gasteiger partial charge >= 0.3 is 5.97 Å². The van der Waals surface area contributed by atoms with Crippen LogP contribution in [-0.2, 0) is 14.3 Å². The minimum Gasteiger partial charge on any atom is -0.468 e. The van der Waals surface area contributed by atoms with Gasteiger partial charge in [-0.25, -0.2) is 0 Å². The van der Waals surface area contributed by atoms with Crippen LogP contribution in [0.2, 0.25) is 0 Å². The van der Waals surface area contributed by atoms with E-state index >= 15 is 0 Å². The molecule has 0 radical (unpaired) electrons. The van der Waals surface area contributed by atoms with Crippen LogP contribution >= 0.6 is 0 Å². The maximum absolute atomic E-state index is 11.5. The number of carbonyl (C=O) groups excluding carboxylic acids is 1. The standard InChI is InChI=1S/C12H25NO3/c1-5-7-8-11(12(14)15-4)13-10(3)9-16-6-2/h10-11,13H,5-9H2,1-4H3. The summed E-state index contributed by atoms with van der Waals surface area (Å²) in [5, 5.41) is 3.24. The lowest BCUT2D eigenvalue weighted by atomic mass is 10.1. The topological polar surface area (TPSA) is 47.6 Å². The van der Waals surface area contributed by atoms with Crippen LogP contribution in [0.4, 0.5) is 0 Å². The minimum atomic E-state index is -0.208. The van der Waals surface area contributed by atoms with Gasteiger partial charge in [-0.2, -0.15) is 0 Å². The van der Waals surface area contributed by atoms with Crippen molar-refractivity contribution in [3.63, 3.8) is 0 Å². The molecule has 2 unspecified atom stereocenters. The Morgan fingerprint density at radius 2 is 2.06 bits per heavy atom. The average Bonchev–Trinajstić information content (AvgIpc) is 2.30. The largest absolute Gasteiger partial charge is 0.468 e. The summed E-state index contributed by atoms with van der Waals surface area (Å²) in [6, 6.07) is -0.0405. The predicted molar refractivity (Wildman–Crippen MR) is 64.4 cm³/mol. The van der Waals surface area contributed by atoms with Crippen LogP contribution in [0.1, 0.15) is 40.0 Å². The molecule has 0 rings (SSSR count). The fourth-order valence-corrected chi connectivity index (χ4v) is 1.51. The highest BCUT2D eigenvalue weighted by Gasteiger charge is 2.20. The van der Waals surface area contributed by atoms with Gasteiger partial charge in [-0.3, -0.25) is 10.1 Å². The van der Waals surface area contributed by atoms with E-state index in [2.05, 4.69) is 12.2 Å². The van der Waals surface area contributed by atoms with Gasteiger partial charge in [0.2, 0.25) is 0 Å². The van der Waals surface area contributed by atoms with Gasteiger partial charge in [0.15, 0.2) is 0 Å². The molecule has 0 aromatic heterocycles. The Kier molecular flexibility index (Phi) is 9.24. The van der Waals surface area contributed by atoms with Gasteiger partial charge in [-0.15, -0.1) is 0 Å². The van der Waals surface area contributed by atoms with Crippen molar-refractivity contribution in [1.82, 2.24) is 5.32 Å². The third-order valence-corrected chi connectivity index (χ3v) is 2.39. The SMILES string of the molecule is CCCCC(NC(C)COCC)C(=O)OC. The Balaban J connectivity index is 4.03. The summed E-state index contributed by atoms with van der Waals surface area (Å²) in [5.74, 6) is -0.184. The zero-order valence-corrected chi connectivity index (χ0v) is 10.9. The molecule has 0 fully saturated rings. The summed E-state index contributed by atoms with van der Waals surface area (Å²) in [5.41, 5.74) is 0. The molecule has 0 spiro atoms. The van der Waals surface area contributed by atoms with Crippen LogP contribution in [0.5, 0.6) is 0 Å². The van der Waals surface area contributed by atoms with Crippen molar-refractivity contribution >= 4 is 5.97 Å². The quantitative estimate of drug-likeness (QED) is 0.614. The maximum atomic E-state index is 11.5. The van der Waals surface area contributed by atoms with Crippen molar-refractivity contribution in [2.75, 3.05) is 20.3 Å². The third kappa shape index (κ3) is 6.80. The molecule has 0 aliphatic rings. The molecule has 96 valence electrons. The van der Waals surface area contributed by atoms with Crippen LogP contribution in [0.3, 0.4) is 0 Å². The third-order valence-electron chi connectivity index (χ3n) is 2.39. The van der Waals surface area contributed by atoms with Crippen LogP contribution in [0.15, 0.2) is 0 Å². The van der Waals surface area contributed by atoms with E-state index in [0.717, 1.165) is 19.3 Å². The minimum absolute atomic E-state index is 0.168. The summed E-state index contributed by atoms with van der Waals surface area (Å²) in [6.45, 7) is 7.40. The highest BCUT2D eigenvalue weighted by Crippen LogP contribution is 2.04. The van der Waals surface area contributed by atoms with Crippen LogP contribution < -0.4 is 5.32 Å². The number of methoxy groups -OCH3 is 1. The summed E-state index contributed by atoms with van der Waals surface area (Å²) in [4.78, 5) is 11.5. The van der Waals surface area contributed by atoms with Gasteiger partial charge in [-0.05, 0) is 20.3 Å². The molecule has 0 aromatic carbocycles. The molecule has 1 N–H and O–H groups in total. The lowest BCUT2D eigenvalue weighted by molar-refractivity contribution is -0.143. The van der Waals surface area contributed by atoms with Crippen LogP contribution in [-0.4, -0.2) is 38.4 Å². The van der Waals surface area contributed by atoms with E-state index < -0.39 is 0 Å². The molecular formula is C12H25NO3. The highest BCUT2D eigenvalue weighted by atomic mass is 16.5. The molecule has 0 aromatic rings. The zero-order chi connectivity index (χ0) is 12.4. The van der Waals surface area contributed by atoms with Crippen molar-refractivity contribution in [3.8, 4) is 0 Å². The molecule has 0 bridgehead atoms. The van der Waals surface area contributed by atoms with Gasteiger partial charge in [0.05, 0.1) is 13.7 Å². The Morgan fingerprint density at radius 1 is 1.38 bits per heavy atom. The molecule has 16 heavy (non-hydrogen) atoms. The first kappa shape index (κ1) is 15.4. The van der Waals surface area contributed by atoms with Crippen molar-refractivity contribution in [3.05, 3.63) is 0 Å². The Hall–Kier alpha value is -0.610. The summed E-state index contributed by atoms with van der Waals surface area (Å²) < 4.78 is 10.1. The van der Waals surface area contributed by atoms with Gasteiger partial charge in [-0.1, -0.05) is 19.8 Å². The first-order valence-corrected chi connectivity index (χ1v) is 6.07. The molecule has 0 heterocycles. The molecule has 0 amide bonds. The van der Waals surface area contributed by atoms with Crippen LogP contribution in [0, 0.1) is 0 Å². The molecule has 0 saturated carbocycles. The van der Waals surface area contributed by atoms with Crippen LogP contribution in [0.25, 0.3) is 0 Å². The van der Waals surface area contributed by atoms with Crippen molar-refractivity contribution < 1.29 is 14.3 Å². The molecule has 0 aliphatic heterocycles. The second-order valence-electron chi connectivity index (χ2n) is 3.95. The molecule has 4 nitrogen and oxygen atoms in total. The number of rotatable bonds is 9. The van der Waals surface area contributed by atoms with E-state index in [0.29, 0.717) is 13.2 Å². The number of carbonyl (C=O) groups is 1. The Morgan fingerprint density at radius 3 is 2.56 bits per heavy atom. The smallest absolute Gasteiger partial charge is 0.322 e. The lowest BCUT2D eigenvalue weighted by Crippen LogP contribution is -2.44. The number of hydrogen-bond acceptors (Lipinski definition) is 4. The molecule has 0 aliphatic carbocycles. The van der Waals surface area contributed by atoms with E-state index in [4.69, 9.17) is 9.47 Å². The molecule has 2 atom stereocenters. The van der Waals surface area contributed by atoms with Crippen molar-refractivity contribution in [1.29, 1.82) is 0 Å². The maximum Gasteiger partial charge on any atom is 0.322 e. The number of esters is 1. The van der Waals surface area contributed by atoms with Gasteiger partial charge in [0.25, 0.3) is 0 Å². The number of hydrogen-bond donors (Lipinski definition) is 1. The lowest BCUT2D eigenvalue weighted by Gasteiger charge is -2.21. The molecule has 0 saturated heterocycles. The average molecular weight is 231 g/mol. The summed E-state index contributed by atoms with van der Waals surface area (Å²) >= 11 is 0. The van der Waals surface area contributed by atoms with Gasteiger partial charge < -0.3 is 9.47 Å². The fraction of sp³-hybridized carbons (Fsp3) is 0.917. The molecular weight excluding hydrogens is 206 g/mol. The van der Waals surface area contributed by atoms with Gasteiger partial charge in [0, 0.05) is 12.6 Å². The monoisotopic (exact) mass is 231 g/mol. The number of unbranched alkanes of at least 4 members (excludes halogenated alkanes) is 1. The number of nitrogens with one attached hydrogen (secondary N) is 1. The predicted octanol–water partition coefficient (Wildman–Crippen LogP) is 1.73. The van der Waals surface area contributed by atoms with E-state index in [1.54, 1.807) is 0 Å². The summed E-state index contributed by atoms with van der Waals surface area (Å²) in [6.07, 6.45) is 2.92. The van der Waals surface area contributed by atoms with Crippen molar-refractivity contribution in [2.45, 2.75) is 52.1 Å². The normalized spacial score (nSPS) is 14.5. The first-order valence-electron chi connectivity index (χ1n) is 6.07. The first-order chi connectivity index (χ1) is 7.65. The second kappa shape index (κ2) is 9.60. The fourth-order valence-electron chi connectivity index (χ4n) is 1.51. The highest BCUT2D eigenvalue weighted by molar-refractivity contribution is 5.75. The number of ether oxygens (including phenoxy) is 2. The second-order valence-corrected chi connectivity index (χ2v) is 3.95. The van der Waals surface area contributed by atoms with E-state index in [-0.39, 0.29) is 18.1 Å². The van der Waals surface area contributed by atoms with Crippen molar-refractivity contribution in [2.24, 2.45) is 0 Å².